The standard InChI is InChI=1S/C23H16ClFN6O3/c24-16-3-1-2-4-18(16)30-21(32)13-5-7-14(8-6-13)28-20-17(25)12-27-23(31-20)29-15-9-10-19(22(33)34)26-11-15/h1-12H,(H,30,32)(H,33,34)(H2,27,28,29,31). The van der Waals surface area contributed by atoms with Gasteiger partial charge in [-0.1, -0.05) is 23.7 Å². The number of hydrogen-bond acceptors (Lipinski definition) is 7. The number of rotatable bonds is 7. The first-order valence-electron chi connectivity index (χ1n) is 9.81. The molecule has 1 amide bonds. The maximum atomic E-state index is 14.3. The first-order valence-corrected chi connectivity index (χ1v) is 10.2. The molecular weight excluding hydrogens is 463 g/mol. The fraction of sp³-hybridized carbons (Fsp3) is 0. The molecule has 0 unspecified atom stereocenters. The Labute approximate surface area is 197 Å². The van der Waals surface area contributed by atoms with Gasteiger partial charge in [0.2, 0.25) is 5.95 Å². The molecule has 2 heterocycles. The molecule has 0 fully saturated rings. The van der Waals surface area contributed by atoms with Crippen molar-refractivity contribution in [2.75, 3.05) is 16.0 Å². The predicted octanol–water partition coefficient (Wildman–Crippen LogP) is 5.10. The number of halogens is 2. The van der Waals surface area contributed by atoms with Gasteiger partial charge in [0.15, 0.2) is 11.6 Å². The number of aromatic carboxylic acids is 1. The first kappa shape index (κ1) is 22.6. The van der Waals surface area contributed by atoms with E-state index >= 15 is 0 Å². The number of para-hydroxylation sites is 1. The number of hydrogen-bond donors (Lipinski definition) is 4. The molecule has 2 aromatic heterocycles. The summed E-state index contributed by atoms with van der Waals surface area (Å²) in [6, 6.07) is 16.0. The normalized spacial score (nSPS) is 10.4. The molecule has 0 radical (unpaired) electrons. The van der Waals surface area contributed by atoms with Gasteiger partial charge in [-0.15, -0.1) is 0 Å². The third kappa shape index (κ3) is 5.43. The number of aromatic nitrogens is 3. The number of nitrogens with zero attached hydrogens (tertiary/aromatic N) is 3. The summed E-state index contributed by atoms with van der Waals surface area (Å²) in [6.45, 7) is 0. The summed E-state index contributed by atoms with van der Waals surface area (Å²) < 4.78 is 14.3. The highest BCUT2D eigenvalue weighted by Gasteiger charge is 2.11. The van der Waals surface area contributed by atoms with Crippen LogP contribution in [0.2, 0.25) is 5.02 Å². The summed E-state index contributed by atoms with van der Waals surface area (Å²) in [5.74, 6) is -2.21. The number of carboxylic acid groups (broad SMARTS) is 1. The van der Waals surface area contributed by atoms with Crippen LogP contribution in [0.15, 0.2) is 73.1 Å². The Morgan fingerprint density at radius 2 is 1.62 bits per heavy atom. The van der Waals surface area contributed by atoms with Crippen LogP contribution < -0.4 is 16.0 Å². The lowest BCUT2D eigenvalue weighted by Gasteiger charge is -2.10. The molecule has 0 saturated heterocycles. The molecule has 0 saturated carbocycles. The van der Waals surface area contributed by atoms with Gasteiger partial charge in [0.25, 0.3) is 5.91 Å². The van der Waals surface area contributed by atoms with Gasteiger partial charge in [-0.05, 0) is 48.5 Å². The van der Waals surface area contributed by atoms with Gasteiger partial charge in [0.1, 0.15) is 5.69 Å². The third-order valence-electron chi connectivity index (χ3n) is 4.51. The van der Waals surface area contributed by atoms with Crippen LogP contribution in [0.5, 0.6) is 0 Å². The van der Waals surface area contributed by atoms with Crippen LogP contribution in [0, 0.1) is 5.82 Å². The molecule has 4 rings (SSSR count). The number of carbonyl (C=O) groups excluding carboxylic acids is 1. The van der Waals surface area contributed by atoms with Crippen molar-refractivity contribution < 1.29 is 19.1 Å². The molecule has 9 nitrogen and oxygen atoms in total. The third-order valence-corrected chi connectivity index (χ3v) is 4.84. The minimum absolute atomic E-state index is 0.0736. The van der Waals surface area contributed by atoms with E-state index in [1.807, 2.05) is 0 Å². The van der Waals surface area contributed by atoms with E-state index in [0.29, 0.717) is 27.6 Å². The van der Waals surface area contributed by atoms with Crippen molar-refractivity contribution in [3.8, 4) is 0 Å². The van der Waals surface area contributed by atoms with E-state index in [4.69, 9.17) is 16.7 Å². The Hall–Kier alpha value is -4.57. The summed E-state index contributed by atoms with van der Waals surface area (Å²) in [5.41, 5.74) is 1.68. The van der Waals surface area contributed by atoms with E-state index in [1.165, 1.54) is 18.3 Å². The number of anilines is 5. The summed E-state index contributed by atoms with van der Waals surface area (Å²) in [6.07, 6.45) is 2.29. The van der Waals surface area contributed by atoms with Crippen molar-refractivity contribution >= 4 is 52.3 Å². The monoisotopic (exact) mass is 478 g/mol. The van der Waals surface area contributed by atoms with Gasteiger partial charge in [0, 0.05) is 11.3 Å². The van der Waals surface area contributed by atoms with Crippen LogP contribution in [0.4, 0.5) is 33.2 Å². The maximum Gasteiger partial charge on any atom is 0.354 e. The molecule has 170 valence electrons. The van der Waals surface area contributed by atoms with Crippen LogP contribution in [0.3, 0.4) is 0 Å². The Morgan fingerprint density at radius 3 is 2.29 bits per heavy atom. The molecule has 2 aromatic carbocycles. The zero-order valence-electron chi connectivity index (χ0n) is 17.3. The summed E-state index contributed by atoms with van der Waals surface area (Å²) in [4.78, 5) is 35.1. The number of carbonyl (C=O) groups is 2. The Morgan fingerprint density at radius 1 is 0.882 bits per heavy atom. The van der Waals surface area contributed by atoms with Crippen LogP contribution in [0.1, 0.15) is 20.8 Å². The van der Waals surface area contributed by atoms with Gasteiger partial charge in [0.05, 0.1) is 28.8 Å². The molecule has 4 N–H and O–H groups in total. The Balaban J connectivity index is 1.44. The Bertz CT molecular complexity index is 1350. The highest BCUT2D eigenvalue weighted by Crippen LogP contribution is 2.23. The van der Waals surface area contributed by atoms with Crippen LogP contribution >= 0.6 is 11.6 Å². The highest BCUT2D eigenvalue weighted by molar-refractivity contribution is 6.33. The predicted molar refractivity (Wildman–Crippen MR) is 126 cm³/mol. The maximum absolute atomic E-state index is 14.3. The first-order chi connectivity index (χ1) is 16.4. The number of benzene rings is 2. The Kier molecular flexibility index (Phi) is 6.60. The molecule has 0 bridgehead atoms. The summed E-state index contributed by atoms with van der Waals surface area (Å²) >= 11 is 6.06. The van der Waals surface area contributed by atoms with Crippen molar-refractivity contribution in [1.82, 2.24) is 15.0 Å². The van der Waals surface area contributed by atoms with E-state index in [1.54, 1.807) is 48.5 Å². The zero-order valence-corrected chi connectivity index (χ0v) is 18.0. The molecule has 0 spiro atoms. The second-order valence-corrected chi connectivity index (χ2v) is 7.30. The average Bonchev–Trinajstić information content (AvgIpc) is 2.83. The molecular formula is C23H16ClFN6O3. The number of amides is 1. The molecule has 11 heteroatoms. The van der Waals surface area contributed by atoms with E-state index in [-0.39, 0.29) is 23.4 Å². The largest absolute Gasteiger partial charge is 0.477 e. The van der Waals surface area contributed by atoms with Gasteiger partial charge in [-0.2, -0.15) is 4.98 Å². The van der Waals surface area contributed by atoms with Gasteiger partial charge >= 0.3 is 5.97 Å². The number of nitrogens with one attached hydrogen (secondary N) is 3. The molecule has 0 aliphatic rings. The minimum atomic E-state index is -1.15. The van der Waals surface area contributed by atoms with Crippen LogP contribution in [-0.2, 0) is 0 Å². The lowest BCUT2D eigenvalue weighted by atomic mass is 10.2. The topological polar surface area (TPSA) is 129 Å². The highest BCUT2D eigenvalue weighted by atomic mass is 35.5. The van der Waals surface area contributed by atoms with Crippen molar-refractivity contribution in [1.29, 1.82) is 0 Å². The van der Waals surface area contributed by atoms with Gasteiger partial charge in [-0.25, -0.2) is 19.2 Å². The van der Waals surface area contributed by atoms with E-state index in [0.717, 1.165) is 6.20 Å². The smallest absolute Gasteiger partial charge is 0.354 e. The van der Waals surface area contributed by atoms with Crippen LogP contribution in [0.25, 0.3) is 0 Å². The summed E-state index contributed by atoms with van der Waals surface area (Å²) in [7, 11) is 0. The molecule has 34 heavy (non-hydrogen) atoms. The summed E-state index contributed by atoms with van der Waals surface area (Å²) in [5, 5.41) is 17.7. The van der Waals surface area contributed by atoms with Gasteiger partial charge in [-0.3, -0.25) is 4.79 Å². The molecule has 0 aliphatic heterocycles. The lowest BCUT2D eigenvalue weighted by Crippen LogP contribution is -2.12. The fourth-order valence-electron chi connectivity index (χ4n) is 2.84. The van der Waals surface area contributed by atoms with E-state index < -0.39 is 11.8 Å². The molecule has 4 aromatic rings. The zero-order chi connectivity index (χ0) is 24.1. The van der Waals surface area contributed by atoms with Crippen molar-refractivity contribution in [3.63, 3.8) is 0 Å². The van der Waals surface area contributed by atoms with Crippen LogP contribution in [-0.4, -0.2) is 31.9 Å². The van der Waals surface area contributed by atoms with Crippen molar-refractivity contribution in [3.05, 3.63) is 95.2 Å². The number of carboxylic acids is 1. The second kappa shape index (κ2) is 9.92. The second-order valence-electron chi connectivity index (χ2n) is 6.89. The SMILES string of the molecule is O=C(Nc1ccccc1Cl)c1ccc(Nc2nc(Nc3ccc(C(=O)O)nc3)ncc2F)cc1. The van der Waals surface area contributed by atoms with E-state index in [2.05, 4.69) is 30.9 Å². The quantitative estimate of drug-likeness (QED) is 0.288. The average molecular weight is 479 g/mol. The van der Waals surface area contributed by atoms with Gasteiger partial charge < -0.3 is 21.1 Å². The lowest BCUT2D eigenvalue weighted by molar-refractivity contribution is 0.0690. The van der Waals surface area contributed by atoms with Crippen molar-refractivity contribution in [2.45, 2.75) is 0 Å². The fourth-order valence-corrected chi connectivity index (χ4v) is 3.02. The molecule has 0 atom stereocenters. The number of pyridine rings is 1. The van der Waals surface area contributed by atoms with Crippen molar-refractivity contribution in [2.24, 2.45) is 0 Å². The van der Waals surface area contributed by atoms with E-state index in [9.17, 15) is 14.0 Å². The molecule has 0 aliphatic carbocycles. The minimum Gasteiger partial charge on any atom is -0.477 e.